The highest BCUT2D eigenvalue weighted by atomic mass is 35.5. The molecule has 0 atom stereocenters. The maximum absolute atomic E-state index is 12.7. The Bertz CT molecular complexity index is 1120. The summed E-state index contributed by atoms with van der Waals surface area (Å²) in [6.45, 7) is 0.468. The SMILES string of the molecule is O=C(CCCCCN1C(=O)/C(=C/c2cccc(Cl)c2Cl)SC1=S)Nc1ccc([N+](=O)[O-])cc1. The Hall–Kier alpha value is -2.46. The van der Waals surface area contributed by atoms with Crippen LogP contribution in [0.5, 0.6) is 0 Å². The average molecular weight is 524 g/mol. The van der Waals surface area contributed by atoms with Crippen molar-refractivity contribution in [2.75, 3.05) is 11.9 Å². The van der Waals surface area contributed by atoms with E-state index in [1.165, 1.54) is 36.0 Å². The monoisotopic (exact) mass is 523 g/mol. The molecule has 7 nitrogen and oxygen atoms in total. The molecule has 1 aliphatic heterocycles. The highest BCUT2D eigenvalue weighted by molar-refractivity contribution is 8.26. The summed E-state index contributed by atoms with van der Waals surface area (Å²) in [5.41, 5.74) is 1.13. The zero-order valence-corrected chi connectivity index (χ0v) is 20.4. The quantitative estimate of drug-likeness (QED) is 0.136. The Morgan fingerprint density at radius 2 is 1.88 bits per heavy atom. The van der Waals surface area contributed by atoms with Crippen molar-refractivity contribution in [1.82, 2.24) is 4.90 Å². The van der Waals surface area contributed by atoms with Gasteiger partial charge in [-0.2, -0.15) is 0 Å². The molecular weight excluding hydrogens is 505 g/mol. The molecule has 0 spiro atoms. The van der Waals surface area contributed by atoms with Crippen molar-refractivity contribution in [2.24, 2.45) is 0 Å². The third kappa shape index (κ3) is 6.77. The molecule has 0 saturated carbocycles. The number of benzene rings is 2. The zero-order chi connectivity index (χ0) is 24.0. The molecule has 2 amide bonds. The van der Waals surface area contributed by atoms with Crippen LogP contribution in [-0.4, -0.2) is 32.5 Å². The van der Waals surface area contributed by atoms with Crippen LogP contribution < -0.4 is 5.32 Å². The van der Waals surface area contributed by atoms with E-state index in [0.717, 1.165) is 6.42 Å². The van der Waals surface area contributed by atoms with E-state index in [9.17, 15) is 19.7 Å². The summed E-state index contributed by atoms with van der Waals surface area (Å²) in [6, 6.07) is 10.9. The van der Waals surface area contributed by atoms with Crippen molar-refractivity contribution >= 4 is 80.8 Å². The van der Waals surface area contributed by atoms with Crippen LogP contribution in [0.15, 0.2) is 47.4 Å². The molecule has 0 aromatic heterocycles. The first-order valence-corrected chi connectivity index (χ1v) is 12.0. The van der Waals surface area contributed by atoms with E-state index in [1.54, 1.807) is 29.2 Å². The Labute approximate surface area is 210 Å². The van der Waals surface area contributed by atoms with Crippen molar-refractivity contribution in [3.05, 3.63) is 73.1 Å². The van der Waals surface area contributed by atoms with Gasteiger partial charge in [0.2, 0.25) is 5.91 Å². The topological polar surface area (TPSA) is 92.6 Å². The van der Waals surface area contributed by atoms with Gasteiger partial charge in [0.1, 0.15) is 4.32 Å². The number of carbonyl (C=O) groups excluding carboxylic acids is 2. The van der Waals surface area contributed by atoms with Crippen molar-refractivity contribution in [2.45, 2.75) is 25.7 Å². The molecule has 2 aromatic carbocycles. The summed E-state index contributed by atoms with van der Waals surface area (Å²) in [6.07, 6.45) is 4.08. The normalized spacial score (nSPS) is 14.7. The van der Waals surface area contributed by atoms with E-state index in [4.69, 9.17) is 35.4 Å². The van der Waals surface area contributed by atoms with Gasteiger partial charge in [-0.3, -0.25) is 24.6 Å². The van der Waals surface area contributed by atoms with E-state index >= 15 is 0 Å². The zero-order valence-electron chi connectivity index (χ0n) is 17.3. The fourth-order valence-electron chi connectivity index (χ4n) is 3.09. The molecule has 3 rings (SSSR count). The molecule has 1 N–H and O–H groups in total. The Morgan fingerprint density at radius 1 is 1.15 bits per heavy atom. The fraction of sp³-hybridized carbons (Fsp3) is 0.227. The molecule has 1 heterocycles. The second kappa shape index (κ2) is 11.6. The van der Waals surface area contributed by atoms with E-state index in [2.05, 4.69) is 5.32 Å². The van der Waals surface area contributed by atoms with Gasteiger partial charge in [0.05, 0.1) is 19.9 Å². The predicted molar refractivity (Wildman–Crippen MR) is 137 cm³/mol. The summed E-state index contributed by atoms with van der Waals surface area (Å²) < 4.78 is 0.486. The summed E-state index contributed by atoms with van der Waals surface area (Å²) in [7, 11) is 0. The number of anilines is 1. The van der Waals surface area contributed by atoms with Gasteiger partial charge in [-0.05, 0) is 42.7 Å². The smallest absolute Gasteiger partial charge is 0.269 e. The van der Waals surface area contributed by atoms with Gasteiger partial charge < -0.3 is 5.32 Å². The van der Waals surface area contributed by atoms with Crippen LogP contribution in [-0.2, 0) is 9.59 Å². The molecule has 11 heteroatoms. The highest BCUT2D eigenvalue weighted by Gasteiger charge is 2.31. The number of thiocarbonyl (C=S) groups is 1. The van der Waals surface area contributed by atoms with Gasteiger partial charge in [-0.1, -0.05) is 65.7 Å². The molecular formula is C22H19Cl2N3O4S2. The summed E-state index contributed by atoms with van der Waals surface area (Å²) >= 11 is 18.8. The number of hydrogen-bond acceptors (Lipinski definition) is 6. The molecule has 2 aromatic rings. The van der Waals surface area contributed by atoms with Gasteiger partial charge in [0.15, 0.2) is 0 Å². The summed E-state index contributed by atoms with van der Waals surface area (Å²) in [4.78, 5) is 37.0. The minimum Gasteiger partial charge on any atom is -0.326 e. The number of hydrogen-bond donors (Lipinski definition) is 1. The first-order valence-electron chi connectivity index (χ1n) is 10.00. The number of amides is 2. The number of nitro groups is 1. The lowest BCUT2D eigenvalue weighted by molar-refractivity contribution is -0.384. The maximum atomic E-state index is 12.7. The number of rotatable bonds is 9. The Morgan fingerprint density at radius 3 is 2.58 bits per heavy atom. The van der Waals surface area contributed by atoms with Crippen molar-refractivity contribution < 1.29 is 14.5 Å². The van der Waals surface area contributed by atoms with E-state index < -0.39 is 4.92 Å². The van der Waals surface area contributed by atoms with Crippen LogP contribution in [0.2, 0.25) is 10.0 Å². The molecule has 0 aliphatic carbocycles. The molecule has 0 bridgehead atoms. The van der Waals surface area contributed by atoms with Crippen molar-refractivity contribution in [1.29, 1.82) is 0 Å². The first-order chi connectivity index (χ1) is 15.8. The van der Waals surface area contributed by atoms with Crippen molar-refractivity contribution in [3.63, 3.8) is 0 Å². The van der Waals surface area contributed by atoms with E-state index in [-0.39, 0.29) is 17.5 Å². The second-order valence-electron chi connectivity index (χ2n) is 7.14. The minimum atomic E-state index is -0.494. The number of nitrogens with zero attached hydrogens (tertiary/aromatic N) is 2. The number of non-ortho nitro benzene ring substituents is 1. The summed E-state index contributed by atoms with van der Waals surface area (Å²) in [5.74, 6) is -0.340. The number of unbranched alkanes of at least 4 members (excludes halogenated alkanes) is 2. The molecule has 1 aliphatic rings. The van der Waals surface area contributed by atoms with Gasteiger partial charge in [-0.15, -0.1) is 0 Å². The van der Waals surface area contributed by atoms with Crippen LogP contribution in [0.25, 0.3) is 6.08 Å². The maximum Gasteiger partial charge on any atom is 0.269 e. The Kier molecular flexibility index (Phi) is 8.85. The lowest BCUT2D eigenvalue weighted by atomic mass is 10.1. The molecule has 1 saturated heterocycles. The molecule has 172 valence electrons. The fourth-order valence-corrected chi connectivity index (χ4v) is 4.75. The number of nitro benzene ring substituents is 1. The third-order valence-electron chi connectivity index (χ3n) is 4.79. The van der Waals surface area contributed by atoms with Crippen LogP contribution in [0.1, 0.15) is 31.2 Å². The predicted octanol–water partition coefficient (Wildman–Crippen LogP) is 6.30. The van der Waals surface area contributed by atoms with Crippen LogP contribution in [0.3, 0.4) is 0 Å². The minimum absolute atomic E-state index is 0.0331. The molecule has 0 unspecified atom stereocenters. The third-order valence-corrected chi connectivity index (χ3v) is 7.00. The van der Waals surface area contributed by atoms with E-state index in [0.29, 0.717) is 56.3 Å². The lowest BCUT2D eigenvalue weighted by Crippen LogP contribution is -2.29. The van der Waals surface area contributed by atoms with Crippen molar-refractivity contribution in [3.8, 4) is 0 Å². The van der Waals surface area contributed by atoms with Gasteiger partial charge >= 0.3 is 0 Å². The number of halogens is 2. The largest absolute Gasteiger partial charge is 0.326 e. The van der Waals surface area contributed by atoms with Gasteiger partial charge in [0, 0.05) is 30.8 Å². The number of carbonyl (C=O) groups is 2. The first kappa shape index (κ1) is 25.2. The standard InChI is InChI=1S/C22H19Cl2N3O4S2/c23-17-6-4-5-14(20(17)24)13-18-21(29)26(22(32)33-18)12-3-1-2-7-19(28)25-15-8-10-16(11-9-15)27(30)31/h4-6,8-11,13H,1-3,7,12H2,(H,25,28)/b18-13-. The number of thioether (sulfide) groups is 1. The molecule has 1 fully saturated rings. The van der Waals surface area contributed by atoms with E-state index in [1.807, 2.05) is 0 Å². The van der Waals surface area contributed by atoms with Crippen LogP contribution >= 0.6 is 47.2 Å². The van der Waals surface area contributed by atoms with Gasteiger partial charge in [0.25, 0.3) is 11.6 Å². The Balaban J connectivity index is 1.43. The molecule has 33 heavy (non-hydrogen) atoms. The highest BCUT2D eigenvalue weighted by Crippen LogP contribution is 2.35. The van der Waals surface area contributed by atoms with Crippen LogP contribution in [0, 0.1) is 10.1 Å². The average Bonchev–Trinajstić information content (AvgIpc) is 3.04. The lowest BCUT2D eigenvalue weighted by Gasteiger charge is -2.14. The van der Waals surface area contributed by atoms with Crippen LogP contribution in [0.4, 0.5) is 11.4 Å². The summed E-state index contributed by atoms with van der Waals surface area (Å²) in [5, 5.41) is 14.2. The number of nitrogens with one attached hydrogen (secondary N) is 1. The second-order valence-corrected chi connectivity index (χ2v) is 9.60. The molecule has 0 radical (unpaired) electrons. The van der Waals surface area contributed by atoms with Gasteiger partial charge in [-0.25, -0.2) is 0 Å².